The fourth-order valence-corrected chi connectivity index (χ4v) is 3.43. The molecular formula is C23H26O15. The molecule has 0 spiro atoms. The van der Waals surface area contributed by atoms with E-state index in [9.17, 15) is 34.2 Å². The number of rotatable bonds is 7. The van der Waals surface area contributed by atoms with Crippen molar-refractivity contribution in [1.82, 2.24) is 0 Å². The molecule has 0 radical (unpaired) electrons. The minimum Gasteiger partial charge on any atom is -0.466 e. The highest BCUT2D eigenvalue weighted by Gasteiger charge is 2.55. The van der Waals surface area contributed by atoms with E-state index in [0.717, 1.165) is 34.5 Å². The molecule has 1 aliphatic carbocycles. The van der Waals surface area contributed by atoms with Crippen LogP contribution in [0.2, 0.25) is 0 Å². The fourth-order valence-electron chi connectivity index (χ4n) is 3.43. The van der Waals surface area contributed by atoms with Crippen molar-refractivity contribution in [3.63, 3.8) is 0 Å². The van der Waals surface area contributed by atoms with Crippen LogP contribution in [0, 0.1) is 0 Å². The number of hydrogen-bond acceptors (Lipinski definition) is 15. The first-order valence-corrected chi connectivity index (χ1v) is 10.7. The van der Waals surface area contributed by atoms with Crippen molar-refractivity contribution in [2.24, 2.45) is 0 Å². The zero-order valence-corrected chi connectivity index (χ0v) is 20.7. The van der Waals surface area contributed by atoms with Crippen molar-refractivity contribution in [1.29, 1.82) is 0 Å². The van der Waals surface area contributed by atoms with Gasteiger partial charge in [-0.25, -0.2) is 24.0 Å². The lowest BCUT2D eigenvalue weighted by atomic mass is 9.79. The summed E-state index contributed by atoms with van der Waals surface area (Å²) in [6, 6.07) is 3.86. The van der Waals surface area contributed by atoms with Gasteiger partial charge in [0.05, 0.1) is 34.5 Å². The summed E-state index contributed by atoms with van der Waals surface area (Å²) in [5, 5.41) is 20.6. The molecule has 1 aliphatic rings. The van der Waals surface area contributed by atoms with E-state index in [1.807, 2.05) is 0 Å². The van der Waals surface area contributed by atoms with E-state index in [0.29, 0.717) is 0 Å². The van der Waals surface area contributed by atoms with Gasteiger partial charge < -0.3 is 48.1 Å². The number of hydrogen-bond donors (Lipinski definition) is 2. The van der Waals surface area contributed by atoms with Gasteiger partial charge in [0.25, 0.3) is 0 Å². The van der Waals surface area contributed by atoms with Crippen molar-refractivity contribution < 1.29 is 72.1 Å². The lowest BCUT2D eigenvalue weighted by Crippen LogP contribution is -2.59. The maximum Gasteiger partial charge on any atom is 0.513 e. The molecule has 4 atom stereocenters. The lowest BCUT2D eigenvalue weighted by molar-refractivity contribution is -0.200. The first-order chi connectivity index (χ1) is 18.0. The van der Waals surface area contributed by atoms with Crippen LogP contribution in [0.3, 0.4) is 0 Å². The van der Waals surface area contributed by atoms with Crippen molar-refractivity contribution >= 4 is 36.5 Å². The third-order valence-electron chi connectivity index (χ3n) is 5.21. The minimum absolute atomic E-state index is 0.189. The highest BCUT2D eigenvalue weighted by molar-refractivity contribution is 5.88. The Kier molecular flexibility index (Phi) is 10.4. The van der Waals surface area contributed by atoms with Gasteiger partial charge in [0.15, 0.2) is 11.5 Å². The molecule has 0 unspecified atom stereocenters. The van der Waals surface area contributed by atoms with Crippen molar-refractivity contribution in [2.45, 2.75) is 36.8 Å². The Hall–Kier alpha value is -4.37. The van der Waals surface area contributed by atoms with Gasteiger partial charge in [0.1, 0.15) is 12.2 Å². The predicted molar refractivity (Wildman–Crippen MR) is 121 cm³/mol. The molecule has 1 aromatic rings. The van der Waals surface area contributed by atoms with E-state index < -0.39 is 67.2 Å². The molecular weight excluding hydrogens is 516 g/mol. The van der Waals surface area contributed by atoms with Crippen molar-refractivity contribution in [3.8, 4) is 11.5 Å². The Bertz CT molecular complexity index is 1080. The van der Waals surface area contributed by atoms with Gasteiger partial charge in [-0.05, 0) is 23.8 Å². The molecule has 208 valence electrons. The van der Waals surface area contributed by atoms with Crippen LogP contribution in [0.1, 0.15) is 18.4 Å². The number of esters is 2. The molecule has 15 nitrogen and oxygen atoms in total. The average Bonchev–Trinajstić information content (AvgIpc) is 2.90. The molecule has 0 aliphatic heterocycles. The summed E-state index contributed by atoms with van der Waals surface area (Å²) in [5.74, 6) is -2.51. The quantitative estimate of drug-likeness (QED) is 0.215. The normalized spacial score (nSPS) is 22.5. The summed E-state index contributed by atoms with van der Waals surface area (Å²) in [6.07, 6.45) is -7.14. The molecule has 38 heavy (non-hydrogen) atoms. The number of carbonyl (C=O) groups is 5. The Morgan fingerprint density at radius 1 is 0.842 bits per heavy atom. The summed E-state index contributed by atoms with van der Waals surface area (Å²) in [7, 11) is 4.15. The second kappa shape index (κ2) is 13.3. The first-order valence-electron chi connectivity index (χ1n) is 10.7. The fraction of sp³-hybridized carbons (Fsp3) is 0.435. The maximum absolute atomic E-state index is 12.5. The molecule has 0 amide bonds. The summed E-state index contributed by atoms with van der Waals surface area (Å²) in [4.78, 5) is 59.5. The van der Waals surface area contributed by atoms with Gasteiger partial charge in [0.2, 0.25) is 5.60 Å². The Morgan fingerprint density at radius 3 is 2.03 bits per heavy atom. The zero-order valence-electron chi connectivity index (χ0n) is 20.7. The number of aliphatic hydroxyl groups is 2. The van der Waals surface area contributed by atoms with Crippen molar-refractivity contribution in [3.05, 3.63) is 29.8 Å². The molecule has 1 fully saturated rings. The molecule has 2 rings (SSSR count). The third kappa shape index (κ3) is 7.57. The number of ether oxygens (including phenoxy) is 8. The standard InChI is InChI=1S/C23H26O15/c1-31-19(27)23(38-22(30)34-4)10-13(24)18(26)16(11-23)35-17(25)8-6-12-5-7-14(36-20(28)32-2)15(9-12)37-21(29)33-3/h5-9,13,16,18,24,26H,10-11H2,1-4H3/b8-6+/t13-,16-,18-,23+/m1/s1. The second-order valence-electron chi connectivity index (χ2n) is 7.64. The first kappa shape index (κ1) is 29.9. The van der Waals surface area contributed by atoms with Crippen LogP contribution in [0.15, 0.2) is 24.3 Å². The molecule has 1 saturated carbocycles. The molecule has 0 aromatic heterocycles. The Morgan fingerprint density at radius 2 is 1.45 bits per heavy atom. The summed E-state index contributed by atoms with van der Waals surface area (Å²) in [6.45, 7) is 0. The van der Waals surface area contributed by atoms with Crippen LogP contribution < -0.4 is 9.47 Å². The molecule has 1 aromatic carbocycles. The molecule has 0 bridgehead atoms. The largest absolute Gasteiger partial charge is 0.513 e. The van der Waals surface area contributed by atoms with Gasteiger partial charge in [-0.3, -0.25) is 0 Å². The number of carbonyl (C=O) groups excluding carboxylic acids is 5. The van der Waals surface area contributed by atoms with Gasteiger partial charge >= 0.3 is 30.4 Å². The molecule has 15 heteroatoms. The van der Waals surface area contributed by atoms with E-state index in [4.69, 9.17) is 18.9 Å². The zero-order chi connectivity index (χ0) is 28.5. The van der Waals surface area contributed by atoms with Gasteiger partial charge in [0, 0.05) is 18.9 Å². The SMILES string of the molecule is COC(=O)Oc1ccc(/C=C/C(=O)O[C@@H]2C[C@](OC(=O)OC)(C(=O)OC)C[C@@H](O)[C@H]2O)cc1OC(=O)OC. The van der Waals surface area contributed by atoms with Gasteiger partial charge in [-0.1, -0.05) is 6.07 Å². The summed E-state index contributed by atoms with van der Waals surface area (Å²) < 4.78 is 37.9. The van der Waals surface area contributed by atoms with Crippen LogP contribution in [-0.4, -0.2) is 93.0 Å². The summed E-state index contributed by atoms with van der Waals surface area (Å²) in [5.41, 5.74) is -1.83. The third-order valence-corrected chi connectivity index (χ3v) is 5.21. The molecule has 0 saturated heterocycles. The Balaban J connectivity index is 2.23. The molecule has 2 N–H and O–H groups in total. The predicted octanol–water partition coefficient (Wildman–Crippen LogP) is 1.11. The van der Waals surface area contributed by atoms with E-state index in [-0.39, 0.29) is 17.1 Å². The number of benzene rings is 1. The highest BCUT2D eigenvalue weighted by Crippen LogP contribution is 2.36. The van der Waals surface area contributed by atoms with Crippen molar-refractivity contribution in [2.75, 3.05) is 28.4 Å². The number of methoxy groups -OCH3 is 4. The van der Waals surface area contributed by atoms with Crippen LogP contribution in [0.4, 0.5) is 14.4 Å². The van der Waals surface area contributed by atoms with Crippen LogP contribution in [0.5, 0.6) is 11.5 Å². The van der Waals surface area contributed by atoms with E-state index in [1.54, 1.807) is 0 Å². The van der Waals surface area contributed by atoms with Crippen LogP contribution >= 0.6 is 0 Å². The van der Waals surface area contributed by atoms with E-state index in [2.05, 4.69) is 18.9 Å². The Labute approximate surface area is 215 Å². The smallest absolute Gasteiger partial charge is 0.466 e. The lowest BCUT2D eigenvalue weighted by Gasteiger charge is -2.41. The van der Waals surface area contributed by atoms with Gasteiger partial charge in [-0.15, -0.1) is 0 Å². The van der Waals surface area contributed by atoms with Gasteiger partial charge in [-0.2, -0.15) is 0 Å². The minimum atomic E-state index is -2.09. The number of aliphatic hydroxyl groups excluding tert-OH is 2. The van der Waals surface area contributed by atoms with E-state index in [1.165, 1.54) is 24.3 Å². The molecule has 0 heterocycles. The monoisotopic (exact) mass is 542 g/mol. The summed E-state index contributed by atoms with van der Waals surface area (Å²) >= 11 is 0. The van der Waals surface area contributed by atoms with Crippen LogP contribution in [-0.2, 0) is 38.0 Å². The highest BCUT2D eigenvalue weighted by atomic mass is 16.7. The van der Waals surface area contributed by atoms with Crippen LogP contribution in [0.25, 0.3) is 6.08 Å². The maximum atomic E-state index is 12.5. The topological polar surface area (TPSA) is 200 Å². The van der Waals surface area contributed by atoms with E-state index >= 15 is 0 Å². The second-order valence-corrected chi connectivity index (χ2v) is 7.64. The average molecular weight is 542 g/mol.